The monoisotopic (exact) mass is 637 g/mol. The van der Waals surface area contributed by atoms with E-state index >= 15 is 0 Å². The molecule has 11 heteroatoms. The lowest BCUT2D eigenvalue weighted by molar-refractivity contribution is -0.155. The fourth-order valence-corrected chi connectivity index (χ4v) is 5.05. The third-order valence-electron chi connectivity index (χ3n) is 6.94. The minimum atomic E-state index is -1.56. The van der Waals surface area contributed by atoms with E-state index < -0.39 is 29.1 Å². The molecule has 3 N–H and O–H groups in total. The van der Waals surface area contributed by atoms with Crippen molar-refractivity contribution in [3.05, 3.63) is 94.5 Å². The highest BCUT2D eigenvalue weighted by Gasteiger charge is 2.53. The second kappa shape index (κ2) is 15.2. The van der Waals surface area contributed by atoms with Gasteiger partial charge >= 0.3 is 5.97 Å². The molecule has 2 atom stereocenters. The van der Waals surface area contributed by atoms with Gasteiger partial charge < -0.3 is 24.1 Å². The Morgan fingerprint density at radius 1 is 1.04 bits per heavy atom. The van der Waals surface area contributed by atoms with E-state index in [-0.39, 0.29) is 25.3 Å². The van der Waals surface area contributed by atoms with Crippen LogP contribution >= 0.6 is 11.6 Å². The molecular weight excluding hydrogens is 598 g/mol. The van der Waals surface area contributed by atoms with Crippen LogP contribution in [0.3, 0.4) is 0 Å². The van der Waals surface area contributed by atoms with Crippen LogP contribution in [0.5, 0.6) is 11.5 Å². The lowest BCUT2D eigenvalue weighted by atomic mass is 9.83. The molecule has 0 fully saturated rings. The molecule has 0 unspecified atom stereocenters. The molecule has 0 saturated carbocycles. The number of hydrogen-bond acceptors (Lipinski definition) is 9. The third-order valence-corrected chi connectivity index (χ3v) is 7.18. The molecule has 1 heterocycles. The fraction of sp³-hybridized carbons (Fsp3) is 0.382. The minimum absolute atomic E-state index is 0.000320. The van der Waals surface area contributed by atoms with E-state index in [1.165, 1.54) is 0 Å². The summed E-state index contributed by atoms with van der Waals surface area (Å²) in [6.45, 7) is 6.08. The Balaban J connectivity index is 1.70. The smallest absolute Gasteiger partial charge is 0.306 e. The molecule has 1 aliphatic heterocycles. The topological polar surface area (TPSA) is 128 Å². The van der Waals surface area contributed by atoms with Crippen molar-refractivity contribution in [1.29, 1.82) is 0 Å². The van der Waals surface area contributed by atoms with Gasteiger partial charge in [-0.1, -0.05) is 35.9 Å². The maximum Gasteiger partial charge on any atom is 0.306 e. The summed E-state index contributed by atoms with van der Waals surface area (Å²) < 4.78 is 23.2. The molecule has 1 amide bonds. The fourth-order valence-electron chi connectivity index (χ4n) is 4.84. The molecule has 0 radical (unpaired) electrons. The van der Waals surface area contributed by atoms with Crippen LogP contribution in [0.4, 0.5) is 0 Å². The molecule has 45 heavy (non-hydrogen) atoms. The van der Waals surface area contributed by atoms with Gasteiger partial charge in [-0.3, -0.25) is 15.0 Å². The number of esters is 1. The van der Waals surface area contributed by atoms with Crippen molar-refractivity contribution in [3.63, 3.8) is 0 Å². The molecule has 3 aromatic rings. The maximum absolute atomic E-state index is 14.2. The van der Waals surface area contributed by atoms with Crippen LogP contribution in [0.1, 0.15) is 62.8 Å². The first-order valence-electron chi connectivity index (χ1n) is 14.8. The van der Waals surface area contributed by atoms with E-state index in [4.69, 9.17) is 40.6 Å². The number of nitrogens with zero attached hydrogens (tertiary/aromatic N) is 1. The van der Waals surface area contributed by atoms with Gasteiger partial charge in [-0.05, 0) is 86.8 Å². The van der Waals surface area contributed by atoms with Crippen LogP contribution in [0.15, 0.2) is 77.8 Å². The molecule has 0 saturated heterocycles. The van der Waals surface area contributed by atoms with Crippen LogP contribution < -0.4 is 20.3 Å². The predicted molar refractivity (Wildman–Crippen MR) is 171 cm³/mol. The Kier molecular flexibility index (Phi) is 11.4. The van der Waals surface area contributed by atoms with E-state index in [9.17, 15) is 9.59 Å². The second-order valence-electron chi connectivity index (χ2n) is 11.6. The maximum atomic E-state index is 14.2. The Morgan fingerprint density at radius 2 is 1.80 bits per heavy atom. The van der Waals surface area contributed by atoms with Gasteiger partial charge in [-0.25, -0.2) is 10.4 Å². The zero-order valence-corrected chi connectivity index (χ0v) is 26.7. The summed E-state index contributed by atoms with van der Waals surface area (Å²) in [7, 11) is 1.56. The molecule has 0 spiro atoms. The van der Waals surface area contributed by atoms with Gasteiger partial charge in [0, 0.05) is 36.6 Å². The number of rotatable bonds is 14. The van der Waals surface area contributed by atoms with Gasteiger partial charge in [0.2, 0.25) is 5.90 Å². The van der Waals surface area contributed by atoms with Gasteiger partial charge in [0.1, 0.15) is 17.1 Å². The zero-order chi connectivity index (χ0) is 32.5. The van der Waals surface area contributed by atoms with Crippen LogP contribution in [0, 0.1) is 0 Å². The first-order chi connectivity index (χ1) is 21.5. The lowest BCUT2D eigenvalue weighted by Crippen LogP contribution is -2.52. The number of benzene rings is 3. The van der Waals surface area contributed by atoms with Crippen LogP contribution in [0.2, 0.25) is 5.02 Å². The number of halogens is 1. The van der Waals surface area contributed by atoms with Crippen molar-refractivity contribution in [2.45, 2.75) is 63.8 Å². The summed E-state index contributed by atoms with van der Waals surface area (Å²) >= 11 is 6.13. The number of aliphatic imine (C=N–C) groups is 1. The van der Waals surface area contributed by atoms with E-state index in [1.807, 2.05) is 24.3 Å². The van der Waals surface area contributed by atoms with Crippen LogP contribution in [-0.4, -0.2) is 54.3 Å². The van der Waals surface area contributed by atoms with Crippen LogP contribution in [-0.2, 0) is 25.6 Å². The molecule has 10 nitrogen and oxygen atoms in total. The summed E-state index contributed by atoms with van der Waals surface area (Å²) in [4.78, 5) is 32.1. The minimum Gasteiger partial charge on any atom is -0.497 e. The van der Waals surface area contributed by atoms with Crippen molar-refractivity contribution in [1.82, 2.24) is 10.9 Å². The predicted octanol–water partition coefficient (Wildman–Crippen LogP) is 5.31. The summed E-state index contributed by atoms with van der Waals surface area (Å²) in [6.07, 6.45) is -0.476. The number of carbonyl (C=O) groups is 2. The molecule has 3 aromatic carbocycles. The van der Waals surface area contributed by atoms with Gasteiger partial charge in [-0.15, -0.1) is 0 Å². The first-order valence-corrected chi connectivity index (χ1v) is 15.1. The summed E-state index contributed by atoms with van der Waals surface area (Å²) in [5.41, 5.74) is 5.65. The van der Waals surface area contributed by atoms with Crippen molar-refractivity contribution in [3.8, 4) is 11.5 Å². The van der Waals surface area contributed by atoms with Gasteiger partial charge in [0.05, 0.1) is 13.7 Å². The lowest BCUT2D eigenvalue weighted by Gasteiger charge is -2.31. The average Bonchev–Trinajstić information content (AvgIpc) is 3.41. The zero-order valence-electron chi connectivity index (χ0n) is 26.0. The van der Waals surface area contributed by atoms with Crippen molar-refractivity contribution < 1.29 is 33.6 Å². The molecule has 0 aromatic heterocycles. The Labute approximate surface area is 268 Å². The highest BCUT2D eigenvalue weighted by molar-refractivity contribution is 6.30. The molecule has 1 aliphatic rings. The molecule has 0 aliphatic carbocycles. The number of carbonyl (C=O) groups excluding carboxylic acids is 2. The molecule has 0 bridgehead atoms. The quantitative estimate of drug-likeness (QED) is 0.123. The number of methoxy groups -OCH3 is 1. The SMILES string of the molecule is COc1cccc([C@@H]2OC(c3ccc(OCCCO)cc3)=N[C@]2(CCC(=O)OC(C)(C)C)C(=O)NNCc2cccc(Cl)c2)c1. The summed E-state index contributed by atoms with van der Waals surface area (Å²) in [5.74, 6) is 0.488. The first kappa shape index (κ1) is 33.8. The number of nitrogens with one attached hydrogen (secondary N) is 2. The largest absolute Gasteiger partial charge is 0.497 e. The van der Waals surface area contributed by atoms with E-state index in [0.29, 0.717) is 47.2 Å². The van der Waals surface area contributed by atoms with Gasteiger partial charge in [0.15, 0.2) is 11.6 Å². The summed E-state index contributed by atoms with van der Waals surface area (Å²) in [5, 5.41) is 9.62. The molecular formula is C34H40ClN3O7. The molecule has 240 valence electrons. The number of aliphatic hydroxyl groups is 1. The van der Waals surface area contributed by atoms with Crippen LogP contribution in [0.25, 0.3) is 0 Å². The van der Waals surface area contributed by atoms with E-state index in [1.54, 1.807) is 76.4 Å². The van der Waals surface area contributed by atoms with E-state index in [2.05, 4.69) is 10.9 Å². The highest BCUT2D eigenvalue weighted by atomic mass is 35.5. The number of aliphatic hydroxyl groups excluding tert-OH is 1. The Morgan fingerprint density at radius 3 is 2.49 bits per heavy atom. The Hall–Kier alpha value is -4.12. The number of ether oxygens (including phenoxy) is 4. The van der Waals surface area contributed by atoms with Gasteiger partial charge in [-0.2, -0.15) is 0 Å². The summed E-state index contributed by atoms with van der Waals surface area (Å²) in [6, 6.07) is 21.6. The third kappa shape index (κ3) is 9.20. The Bertz CT molecular complexity index is 1490. The number of amides is 1. The average molecular weight is 638 g/mol. The van der Waals surface area contributed by atoms with Crippen molar-refractivity contribution >= 4 is 29.4 Å². The standard InChI is InChI=1S/C34H40ClN3O7/c1-33(2,3)45-29(40)16-17-34(32(41)38-36-22-23-8-5-10-26(35)20-23)30(25-9-6-11-28(21-25)42-4)44-31(37-34)24-12-14-27(15-13-24)43-19-7-18-39/h5-6,8-15,20-21,30,36,39H,7,16-19,22H2,1-4H3,(H,38,41)/t30-,34-/m0/s1. The highest BCUT2D eigenvalue weighted by Crippen LogP contribution is 2.44. The number of hydrogen-bond donors (Lipinski definition) is 3. The number of hydrazine groups is 1. The van der Waals surface area contributed by atoms with Crippen molar-refractivity contribution in [2.75, 3.05) is 20.3 Å². The van der Waals surface area contributed by atoms with Gasteiger partial charge in [0.25, 0.3) is 5.91 Å². The van der Waals surface area contributed by atoms with Crippen molar-refractivity contribution in [2.24, 2.45) is 4.99 Å². The second-order valence-corrected chi connectivity index (χ2v) is 12.0. The van der Waals surface area contributed by atoms with E-state index in [0.717, 1.165) is 5.56 Å². The normalized spacial score (nSPS) is 17.6. The molecule has 4 rings (SSSR count).